The summed E-state index contributed by atoms with van der Waals surface area (Å²) in [5, 5.41) is 6.78. The lowest BCUT2D eigenvalue weighted by Gasteiger charge is -2.36. The lowest BCUT2D eigenvalue weighted by Crippen LogP contribution is -2.51. The normalized spacial score (nSPS) is 26.2. The van der Waals surface area contributed by atoms with Crippen molar-refractivity contribution >= 4 is 15.9 Å². The summed E-state index contributed by atoms with van der Waals surface area (Å²) >= 11 is 0. The molecule has 2 fully saturated rings. The molecule has 0 spiro atoms. The summed E-state index contributed by atoms with van der Waals surface area (Å²) in [5.74, 6) is 1.07. The van der Waals surface area contributed by atoms with Crippen LogP contribution in [0, 0.1) is 0 Å². The van der Waals surface area contributed by atoms with Gasteiger partial charge in [0.05, 0.1) is 5.75 Å². The topological polar surface area (TPSA) is 92.5 Å². The van der Waals surface area contributed by atoms with Crippen LogP contribution in [0.4, 0.5) is 0 Å². The van der Waals surface area contributed by atoms with Gasteiger partial charge in [-0.2, -0.15) is 4.31 Å². The van der Waals surface area contributed by atoms with Gasteiger partial charge >= 0.3 is 0 Å². The van der Waals surface area contributed by atoms with Crippen molar-refractivity contribution in [3.05, 3.63) is 17.5 Å². The molecule has 7 nitrogen and oxygen atoms in total. The van der Waals surface area contributed by atoms with E-state index in [1.54, 1.807) is 13.0 Å². The highest BCUT2D eigenvalue weighted by atomic mass is 32.2. The Morgan fingerprint density at radius 2 is 2.17 bits per heavy atom. The van der Waals surface area contributed by atoms with Crippen molar-refractivity contribution in [2.24, 2.45) is 0 Å². The van der Waals surface area contributed by atoms with Gasteiger partial charge < -0.3 is 9.84 Å². The minimum atomic E-state index is -3.18. The summed E-state index contributed by atoms with van der Waals surface area (Å²) in [6.45, 7) is 3.97. The van der Waals surface area contributed by atoms with Gasteiger partial charge in [0.25, 0.3) is 5.91 Å². The van der Waals surface area contributed by atoms with Crippen molar-refractivity contribution < 1.29 is 17.7 Å². The first kappa shape index (κ1) is 16.4. The van der Waals surface area contributed by atoms with E-state index < -0.39 is 10.0 Å². The fraction of sp³-hybridized carbons (Fsp3) is 0.733. The summed E-state index contributed by atoms with van der Waals surface area (Å²) in [5.41, 5.74) is 0.308. The quantitative estimate of drug-likeness (QED) is 0.876. The number of hydrogen-bond donors (Lipinski definition) is 1. The minimum Gasteiger partial charge on any atom is -0.360 e. The maximum atomic E-state index is 12.2. The molecule has 0 radical (unpaired) electrons. The van der Waals surface area contributed by atoms with Crippen LogP contribution in [0.15, 0.2) is 10.6 Å². The highest BCUT2D eigenvalue weighted by molar-refractivity contribution is 7.89. The molecule has 0 bridgehead atoms. The van der Waals surface area contributed by atoms with E-state index in [9.17, 15) is 13.2 Å². The van der Waals surface area contributed by atoms with Gasteiger partial charge in [-0.3, -0.25) is 4.79 Å². The molecule has 3 rings (SSSR count). The molecule has 1 N–H and O–H groups in total. The monoisotopic (exact) mass is 341 g/mol. The van der Waals surface area contributed by atoms with Gasteiger partial charge in [0.1, 0.15) is 5.76 Å². The Bertz CT molecular complexity index is 681. The van der Waals surface area contributed by atoms with Crippen LogP contribution in [0.1, 0.15) is 61.7 Å². The molecule has 2 aliphatic rings. The minimum absolute atomic E-state index is 0.0399. The van der Waals surface area contributed by atoms with Gasteiger partial charge in [-0.1, -0.05) is 5.16 Å². The standard InChI is InChI=1S/C15H23N3O4S/c1-3-23(20,21)18-7-6-12(8-10(18)2)16-15(19)13-9-14(22-17-13)11-4-5-11/h9-12H,3-8H2,1-2H3,(H,16,19)/t10-,12-/m1/s1. The van der Waals surface area contributed by atoms with Crippen LogP contribution >= 0.6 is 0 Å². The van der Waals surface area contributed by atoms with Crippen molar-refractivity contribution in [2.75, 3.05) is 12.3 Å². The Balaban J connectivity index is 1.57. The van der Waals surface area contributed by atoms with Crippen molar-refractivity contribution in [2.45, 2.75) is 57.5 Å². The molecule has 1 aromatic heterocycles. The van der Waals surface area contributed by atoms with E-state index in [-0.39, 0.29) is 23.7 Å². The highest BCUT2D eigenvalue weighted by Gasteiger charge is 2.34. The summed E-state index contributed by atoms with van der Waals surface area (Å²) in [6, 6.07) is 1.56. The van der Waals surface area contributed by atoms with Crippen LogP contribution in [0.25, 0.3) is 0 Å². The molecule has 1 saturated carbocycles. The van der Waals surface area contributed by atoms with Crippen molar-refractivity contribution in [3.63, 3.8) is 0 Å². The summed E-state index contributed by atoms with van der Waals surface area (Å²) in [7, 11) is -3.18. The van der Waals surface area contributed by atoms with E-state index in [1.165, 1.54) is 4.31 Å². The van der Waals surface area contributed by atoms with Crippen LogP contribution in [0.5, 0.6) is 0 Å². The smallest absolute Gasteiger partial charge is 0.273 e. The number of sulfonamides is 1. The highest BCUT2D eigenvalue weighted by Crippen LogP contribution is 2.40. The molecule has 128 valence electrons. The molecule has 0 aromatic carbocycles. The fourth-order valence-electron chi connectivity index (χ4n) is 3.08. The van der Waals surface area contributed by atoms with Crippen LogP contribution in [0.3, 0.4) is 0 Å². The number of amides is 1. The van der Waals surface area contributed by atoms with Gasteiger partial charge in [-0.05, 0) is 39.5 Å². The average Bonchev–Trinajstić information content (AvgIpc) is 3.24. The number of rotatable bonds is 5. The molecule has 23 heavy (non-hydrogen) atoms. The zero-order valence-electron chi connectivity index (χ0n) is 13.5. The molecule has 1 aliphatic carbocycles. The third-order valence-corrected chi connectivity index (χ3v) is 6.60. The van der Waals surface area contributed by atoms with E-state index in [0.717, 1.165) is 18.6 Å². The molecular weight excluding hydrogens is 318 g/mol. The van der Waals surface area contributed by atoms with Crippen molar-refractivity contribution in [3.8, 4) is 0 Å². The lowest BCUT2D eigenvalue weighted by molar-refractivity contribution is 0.0905. The second kappa shape index (κ2) is 6.24. The zero-order chi connectivity index (χ0) is 16.6. The summed E-state index contributed by atoms with van der Waals surface area (Å²) < 4.78 is 30.7. The van der Waals surface area contributed by atoms with Crippen LogP contribution in [0.2, 0.25) is 0 Å². The Kier molecular flexibility index (Phi) is 4.46. The molecule has 1 aromatic rings. The van der Waals surface area contributed by atoms with E-state index >= 15 is 0 Å². The Labute approximate surface area is 136 Å². The zero-order valence-corrected chi connectivity index (χ0v) is 14.3. The van der Waals surface area contributed by atoms with E-state index in [1.807, 2.05) is 6.92 Å². The summed E-state index contributed by atoms with van der Waals surface area (Å²) in [6.07, 6.45) is 3.41. The van der Waals surface area contributed by atoms with Gasteiger partial charge in [-0.25, -0.2) is 8.42 Å². The lowest BCUT2D eigenvalue weighted by atomic mass is 10.0. The van der Waals surface area contributed by atoms with Crippen LogP contribution in [-0.2, 0) is 10.0 Å². The van der Waals surface area contributed by atoms with E-state index in [2.05, 4.69) is 10.5 Å². The van der Waals surface area contributed by atoms with Gasteiger partial charge in [-0.15, -0.1) is 0 Å². The first-order valence-corrected chi connectivity index (χ1v) is 9.78. The predicted octanol–water partition coefficient (Wildman–Crippen LogP) is 1.48. The average molecular weight is 341 g/mol. The van der Waals surface area contributed by atoms with Crippen molar-refractivity contribution in [1.82, 2.24) is 14.8 Å². The maximum Gasteiger partial charge on any atom is 0.273 e. The first-order valence-electron chi connectivity index (χ1n) is 8.17. The molecule has 8 heteroatoms. The third kappa shape index (κ3) is 3.58. The molecular formula is C15H23N3O4S. The Morgan fingerprint density at radius 3 is 2.78 bits per heavy atom. The number of nitrogens with one attached hydrogen (secondary N) is 1. The predicted molar refractivity (Wildman–Crippen MR) is 84.6 cm³/mol. The molecule has 1 aliphatic heterocycles. The van der Waals surface area contributed by atoms with E-state index in [4.69, 9.17) is 4.52 Å². The third-order valence-electron chi connectivity index (χ3n) is 4.61. The number of hydrogen-bond acceptors (Lipinski definition) is 5. The number of nitrogens with zero attached hydrogens (tertiary/aromatic N) is 2. The first-order chi connectivity index (χ1) is 10.9. The molecule has 2 atom stereocenters. The molecule has 0 unspecified atom stereocenters. The summed E-state index contributed by atoms with van der Waals surface area (Å²) in [4.78, 5) is 12.2. The SMILES string of the molecule is CCS(=O)(=O)N1CC[C@@H](NC(=O)c2cc(C3CC3)on2)C[C@H]1C. The van der Waals surface area contributed by atoms with Gasteiger partial charge in [0, 0.05) is 30.6 Å². The number of carbonyl (C=O) groups is 1. The molecule has 1 saturated heterocycles. The molecule has 1 amide bonds. The van der Waals surface area contributed by atoms with E-state index in [0.29, 0.717) is 31.0 Å². The number of carbonyl (C=O) groups excluding carboxylic acids is 1. The fourth-order valence-corrected chi connectivity index (χ4v) is 4.43. The second-order valence-corrected chi connectivity index (χ2v) is 8.65. The van der Waals surface area contributed by atoms with Crippen LogP contribution in [-0.4, -0.2) is 48.2 Å². The Morgan fingerprint density at radius 1 is 1.43 bits per heavy atom. The second-order valence-electron chi connectivity index (χ2n) is 6.44. The Hall–Kier alpha value is -1.41. The number of piperidine rings is 1. The maximum absolute atomic E-state index is 12.2. The van der Waals surface area contributed by atoms with Gasteiger partial charge in [0.2, 0.25) is 10.0 Å². The molecule has 2 heterocycles. The van der Waals surface area contributed by atoms with Gasteiger partial charge in [0.15, 0.2) is 5.69 Å². The number of aromatic nitrogens is 1. The van der Waals surface area contributed by atoms with Crippen molar-refractivity contribution in [1.29, 1.82) is 0 Å². The largest absolute Gasteiger partial charge is 0.360 e. The van der Waals surface area contributed by atoms with Crippen LogP contribution < -0.4 is 5.32 Å².